The standard InChI is InChI=1S/C49H32N6O/c1-3-15-37-31(2)56-45-27-25-34(28-39(37)45)35-24-26-43-44(29-35)54-46-38-22-13-14-23-42(38)55(47(46)52-49(54)53(43)36-20-11-6-12-21-36)48-50-40(32-16-7-4-8-17-32)30-41(51-48)33-18-9-5-10-19-33/h3-30H,1-2H2/b37-15+. The monoisotopic (exact) mass is 720 g/mol. The van der Waals surface area contributed by atoms with Gasteiger partial charge in [0, 0.05) is 32.8 Å². The second-order valence-electron chi connectivity index (χ2n) is 13.9. The van der Waals surface area contributed by atoms with Crippen LogP contribution in [-0.4, -0.2) is 28.5 Å². The maximum Gasteiger partial charge on any atom is 0.237 e. The molecule has 0 aliphatic carbocycles. The molecule has 0 saturated carbocycles. The van der Waals surface area contributed by atoms with Gasteiger partial charge < -0.3 is 4.42 Å². The first-order chi connectivity index (χ1) is 27.6. The highest BCUT2D eigenvalue weighted by atomic mass is 16.3. The Bertz CT molecular complexity index is 3390. The van der Waals surface area contributed by atoms with Crippen LogP contribution in [0.5, 0.6) is 0 Å². The number of rotatable bonds is 6. The molecule has 0 N–H and O–H groups in total. The zero-order chi connectivity index (χ0) is 37.3. The van der Waals surface area contributed by atoms with Crippen LogP contribution < -0.4 is 10.6 Å². The molecule has 0 bridgehead atoms. The third-order valence-corrected chi connectivity index (χ3v) is 10.6. The summed E-state index contributed by atoms with van der Waals surface area (Å²) in [4.78, 5) is 16.0. The predicted molar refractivity (Wildman–Crippen MR) is 227 cm³/mol. The van der Waals surface area contributed by atoms with Gasteiger partial charge in [0.05, 0.1) is 27.9 Å². The third-order valence-electron chi connectivity index (χ3n) is 10.6. The summed E-state index contributed by atoms with van der Waals surface area (Å²) < 4.78 is 12.6. The molecule has 56 heavy (non-hydrogen) atoms. The summed E-state index contributed by atoms with van der Waals surface area (Å²) in [7, 11) is 0. The Hall–Kier alpha value is -7.77. The lowest BCUT2D eigenvalue weighted by atomic mass is 10.0. The number of benzene rings is 6. The highest BCUT2D eigenvalue weighted by Gasteiger charge is 2.25. The van der Waals surface area contributed by atoms with Gasteiger partial charge in [-0.15, -0.1) is 0 Å². The zero-order valence-electron chi connectivity index (χ0n) is 30.2. The van der Waals surface area contributed by atoms with E-state index in [0.717, 1.165) is 94.4 Å². The quantitative estimate of drug-likeness (QED) is 0.172. The number of furan rings is 1. The van der Waals surface area contributed by atoms with Crippen LogP contribution in [0, 0.1) is 0 Å². The van der Waals surface area contributed by atoms with Crippen molar-refractivity contribution in [3.05, 3.63) is 181 Å². The molecule has 11 rings (SSSR count). The summed E-state index contributed by atoms with van der Waals surface area (Å²) in [5.74, 6) is 1.35. The first-order valence-corrected chi connectivity index (χ1v) is 18.5. The number of aromatic nitrogens is 6. The molecule has 0 saturated heterocycles. The summed E-state index contributed by atoms with van der Waals surface area (Å²) in [5.41, 5.74) is 13.1. The van der Waals surface area contributed by atoms with Crippen LogP contribution in [0.15, 0.2) is 175 Å². The minimum atomic E-state index is 0.554. The van der Waals surface area contributed by atoms with Crippen molar-refractivity contribution < 1.29 is 4.42 Å². The third kappa shape index (κ3) is 4.81. The van der Waals surface area contributed by atoms with E-state index in [9.17, 15) is 0 Å². The van der Waals surface area contributed by atoms with Gasteiger partial charge in [0.25, 0.3) is 0 Å². The molecule has 6 aromatic carbocycles. The Labute approximate surface area is 320 Å². The zero-order valence-corrected chi connectivity index (χ0v) is 30.2. The molecule has 7 heteroatoms. The predicted octanol–water partition coefficient (Wildman–Crippen LogP) is 10.3. The van der Waals surface area contributed by atoms with E-state index in [-0.39, 0.29) is 0 Å². The van der Waals surface area contributed by atoms with Crippen LogP contribution in [0.4, 0.5) is 0 Å². The maximum atomic E-state index is 5.99. The van der Waals surface area contributed by atoms with Gasteiger partial charge in [-0.2, -0.15) is 4.98 Å². The number of hydrogen-bond donors (Lipinski definition) is 0. The highest BCUT2D eigenvalue weighted by molar-refractivity contribution is 6.09. The summed E-state index contributed by atoms with van der Waals surface area (Å²) >= 11 is 0. The summed E-state index contributed by atoms with van der Waals surface area (Å²) in [6.07, 6.45) is 3.72. The summed E-state index contributed by atoms with van der Waals surface area (Å²) in [6, 6.07) is 54.4. The van der Waals surface area contributed by atoms with Gasteiger partial charge in [-0.05, 0) is 59.7 Å². The van der Waals surface area contributed by atoms with Crippen LogP contribution >= 0.6 is 0 Å². The molecular formula is C49H32N6O. The van der Waals surface area contributed by atoms with E-state index in [1.165, 1.54) is 0 Å². The lowest BCUT2D eigenvalue weighted by Gasteiger charge is -2.11. The lowest BCUT2D eigenvalue weighted by molar-refractivity contribution is 0.577. The maximum absolute atomic E-state index is 5.99. The molecule has 0 unspecified atom stereocenters. The molecule has 264 valence electrons. The second kappa shape index (κ2) is 12.4. The number of fused-ring (bicyclic) bond motifs is 8. The first kappa shape index (κ1) is 31.7. The van der Waals surface area contributed by atoms with E-state index in [4.69, 9.17) is 19.4 Å². The van der Waals surface area contributed by atoms with Crippen LogP contribution in [0.25, 0.3) is 108 Å². The Balaban J connectivity index is 1.23. The molecule has 11 aromatic rings. The summed E-state index contributed by atoms with van der Waals surface area (Å²) in [5, 5.41) is 2.99. The van der Waals surface area contributed by atoms with E-state index < -0.39 is 0 Å². The van der Waals surface area contributed by atoms with Crippen molar-refractivity contribution in [2.75, 3.05) is 0 Å². The average Bonchev–Trinajstić information content (AvgIpc) is 3.97. The van der Waals surface area contributed by atoms with Crippen molar-refractivity contribution >= 4 is 62.5 Å². The van der Waals surface area contributed by atoms with E-state index in [0.29, 0.717) is 11.4 Å². The van der Waals surface area contributed by atoms with Crippen molar-refractivity contribution in [3.8, 4) is 45.3 Å². The van der Waals surface area contributed by atoms with Gasteiger partial charge in [-0.3, -0.25) is 13.5 Å². The van der Waals surface area contributed by atoms with Crippen molar-refractivity contribution in [2.45, 2.75) is 0 Å². The Kier molecular flexibility index (Phi) is 7.02. The number of imidazole rings is 2. The van der Waals surface area contributed by atoms with Gasteiger partial charge in [-0.1, -0.05) is 135 Å². The van der Waals surface area contributed by atoms with Crippen molar-refractivity contribution in [2.24, 2.45) is 0 Å². The summed E-state index contributed by atoms with van der Waals surface area (Å²) in [6.45, 7) is 8.04. The first-order valence-electron chi connectivity index (χ1n) is 18.5. The fraction of sp³-hybridized carbons (Fsp3) is 0. The molecule has 5 heterocycles. The Morgan fingerprint density at radius 2 is 1.18 bits per heavy atom. The largest absolute Gasteiger partial charge is 0.457 e. The van der Waals surface area contributed by atoms with Gasteiger partial charge in [-0.25, -0.2) is 9.97 Å². The van der Waals surface area contributed by atoms with Gasteiger partial charge in [0.15, 0.2) is 5.65 Å². The topological polar surface area (TPSA) is 66.1 Å². The van der Waals surface area contributed by atoms with Gasteiger partial charge in [0.1, 0.15) is 16.5 Å². The van der Waals surface area contributed by atoms with Crippen molar-refractivity contribution in [3.63, 3.8) is 0 Å². The van der Waals surface area contributed by atoms with Crippen LogP contribution in [0.3, 0.4) is 0 Å². The normalized spacial score (nSPS) is 12.2. The molecule has 5 aromatic heterocycles. The molecule has 7 nitrogen and oxygen atoms in total. The van der Waals surface area contributed by atoms with E-state index in [1.807, 2.05) is 54.6 Å². The molecule has 0 radical (unpaired) electrons. The number of nitrogens with zero attached hydrogens (tertiary/aromatic N) is 6. The molecule has 0 aliphatic rings. The fourth-order valence-electron chi connectivity index (χ4n) is 8.06. The molecule has 0 aliphatic heterocycles. The molecule has 0 amide bonds. The molecule has 0 atom stereocenters. The van der Waals surface area contributed by atoms with Crippen molar-refractivity contribution in [1.29, 1.82) is 0 Å². The minimum Gasteiger partial charge on any atom is -0.457 e. The van der Waals surface area contributed by atoms with E-state index in [2.05, 4.69) is 136 Å². The van der Waals surface area contributed by atoms with Crippen molar-refractivity contribution in [1.82, 2.24) is 28.5 Å². The number of hydrogen-bond acceptors (Lipinski definition) is 4. The SMILES string of the molecule is C=C/C=c1\c(=C)oc2ccc(-c3ccc4c(c3)n3c5c6ccccc6n(-c6nc(-c7ccccc7)cc(-c7ccccc7)n6)c5nc3n4-c3ccccc3)cc12. The average molecular weight is 721 g/mol. The second-order valence-corrected chi connectivity index (χ2v) is 13.9. The minimum absolute atomic E-state index is 0.554. The van der Waals surface area contributed by atoms with Gasteiger partial charge >= 0.3 is 0 Å². The van der Waals surface area contributed by atoms with Crippen LogP contribution in [-0.2, 0) is 0 Å². The Morgan fingerprint density at radius 3 is 1.89 bits per heavy atom. The smallest absolute Gasteiger partial charge is 0.237 e. The molecule has 0 fully saturated rings. The van der Waals surface area contributed by atoms with Gasteiger partial charge in [0.2, 0.25) is 11.7 Å². The lowest BCUT2D eigenvalue weighted by Crippen LogP contribution is -2.17. The van der Waals surface area contributed by atoms with Crippen LogP contribution in [0.2, 0.25) is 0 Å². The molecule has 0 spiro atoms. The highest BCUT2D eigenvalue weighted by Crippen LogP contribution is 2.38. The fourth-order valence-corrected chi connectivity index (χ4v) is 8.06. The number of allylic oxidation sites excluding steroid dienone is 1. The molecular weight excluding hydrogens is 689 g/mol. The van der Waals surface area contributed by atoms with E-state index >= 15 is 0 Å². The number of para-hydroxylation sites is 2. The van der Waals surface area contributed by atoms with E-state index in [1.54, 1.807) is 6.08 Å². The Morgan fingerprint density at radius 1 is 0.536 bits per heavy atom. The van der Waals surface area contributed by atoms with Crippen LogP contribution in [0.1, 0.15) is 0 Å².